The minimum Gasteiger partial charge on any atom is -0.385 e. The molecule has 3 amide bonds. The Bertz CT molecular complexity index is 2610. The summed E-state index contributed by atoms with van der Waals surface area (Å²) in [4.78, 5) is 63.2. The van der Waals surface area contributed by atoms with Gasteiger partial charge in [0.05, 0.1) is 35.5 Å². The molecule has 5 aromatic rings. The number of carbonyl (C=O) groups is 3. The number of likely N-dealkylation sites (tertiary alicyclic amines) is 1. The van der Waals surface area contributed by atoms with Gasteiger partial charge in [0.15, 0.2) is 17.2 Å². The first kappa shape index (κ1) is 38.3. The van der Waals surface area contributed by atoms with Crippen LogP contribution in [0.15, 0.2) is 53.5 Å². The van der Waals surface area contributed by atoms with E-state index in [-0.39, 0.29) is 42.9 Å². The van der Waals surface area contributed by atoms with Gasteiger partial charge in [-0.05, 0) is 67.5 Å². The molecule has 0 bridgehead atoms. The summed E-state index contributed by atoms with van der Waals surface area (Å²) in [5.41, 5.74) is 6.65. The van der Waals surface area contributed by atoms with Gasteiger partial charge in [0.1, 0.15) is 6.04 Å². The van der Waals surface area contributed by atoms with Crippen molar-refractivity contribution in [2.45, 2.75) is 69.1 Å². The molecule has 1 saturated carbocycles. The average molecular weight is 823 g/mol. The summed E-state index contributed by atoms with van der Waals surface area (Å²) < 4.78 is 36.9. The summed E-state index contributed by atoms with van der Waals surface area (Å²) in [6, 6.07) is 12.2. The molecule has 18 heteroatoms. The van der Waals surface area contributed by atoms with Crippen LogP contribution in [0, 0.1) is 0 Å². The molecule has 16 nitrogen and oxygen atoms in total. The van der Waals surface area contributed by atoms with Crippen LogP contribution in [0.2, 0.25) is 0 Å². The maximum atomic E-state index is 16.1. The van der Waals surface area contributed by atoms with Crippen LogP contribution < -0.4 is 31.4 Å². The van der Waals surface area contributed by atoms with Gasteiger partial charge in [0.25, 0.3) is 11.8 Å². The second kappa shape index (κ2) is 14.7. The highest BCUT2D eigenvalue weighted by Crippen LogP contribution is 2.39. The second-order valence-corrected chi connectivity index (χ2v) is 16.8. The number of rotatable bonds is 9. The van der Waals surface area contributed by atoms with E-state index in [0.29, 0.717) is 80.4 Å². The highest BCUT2D eigenvalue weighted by Gasteiger charge is 2.48. The predicted octanol–water partition coefficient (Wildman–Crippen LogP) is 3.02. The number of piperazine rings is 1. The maximum Gasteiger partial charge on any atom is 0.329 e. The molecule has 2 atom stereocenters. The number of nitrogens with zero attached hydrogens (tertiary/aromatic N) is 9. The molecule has 1 aliphatic carbocycles. The van der Waals surface area contributed by atoms with Crippen molar-refractivity contribution in [1.82, 2.24) is 44.2 Å². The zero-order chi connectivity index (χ0) is 41.4. The average Bonchev–Trinajstić information content (AvgIpc) is 3.66. The minimum atomic E-state index is -2.91. The number of hydrogen-bond acceptors (Lipinski definition) is 11. The molecule has 314 valence electrons. The number of imidazole rings is 2. The third kappa shape index (κ3) is 6.65. The number of piperidine rings is 2. The Morgan fingerprint density at radius 2 is 1.77 bits per heavy atom. The molecule has 10 rings (SSSR count). The molecule has 7 heterocycles. The Labute approximate surface area is 344 Å². The quantitative estimate of drug-likeness (QED) is 0.188. The molecular weight excluding hydrogens is 775 g/mol. The van der Waals surface area contributed by atoms with Crippen LogP contribution in [-0.4, -0.2) is 122 Å². The summed E-state index contributed by atoms with van der Waals surface area (Å²) in [6.07, 6.45) is 5.03. The van der Waals surface area contributed by atoms with E-state index in [0.717, 1.165) is 47.5 Å². The summed E-state index contributed by atoms with van der Waals surface area (Å²) in [6.45, 7) is 3.40. The predicted molar refractivity (Wildman–Crippen MR) is 221 cm³/mol. The number of nitrogens with one attached hydrogen (secondary N) is 3. The topological polar surface area (TPSA) is 157 Å². The van der Waals surface area contributed by atoms with Crippen molar-refractivity contribution in [3.63, 3.8) is 0 Å². The smallest absolute Gasteiger partial charge is 0.329 e. The van der Waals surface area contributed by atoms with Gasteiger partial charge in [-0.25, -0.2) is 23.1 Å². The SMILES string of the molecule is CNc1cc(N2CCc3c(CN4CC[C@@H](N5CCN(c6ccc7c(c6)n(C)c(=O)n7C6CCC(=O)NC6=O)CC5)C(F)(F)C4)cccc32)nn2c(C(=O)NC3CC3)cnc12. The van der Waals surface area contributed by atoms with Crippen LogP contribution in [0.3, 0.4) is 0 Å². The van der Waals surface area contributed by atoms with E-state index in [9.17, 15) is 19.2 Å². The first-order valence-electron chi connectivity index (χ1n) is 20.9. The van der Waals surface area contributed by atoms with Crippen molar-refractivity contribution >= 4 is 57.3 Å². The highest BCUT2D eigenvalue weighted by atomic mass is 19.3. The van der Waals surface area contributed by atoms with Crippen molar-refractivity contribution in [3.8, 4) is 0 Å². The first-order valence-corrected chi connectivity index (χ1v) is 20.9. The molecule has 0 spiro atoms. The molecule has 3 N–H and O–H groups in total. The normalized spacial score (nSPS) is 22.4. The maximum absolute atomic E-state index is 16.1. The molecule has 3 saturated heterocycles. The summed E-state index contributed by atoms with van der Waals surface area (Å²) in [5.74, 6) is -3.25. The molecular formula is C42H48F2N12O4. The fraction of sp³-hybridized carbons (Fsp3) is 0.476. The fourth-order valence-corrected chi connectivity index (χ4v) is 9.70. The van der Waals surface area contributed by atoms with Crippen molar-refractivity contribution in [3.05, 3.63) is 76.0 Å². The van der Waals surface area contributed by atoms with Crippen molar-refractivity contribution in [1.29, 1.82) is 0 Å². The van der Waals surface area contributed by atoms with Gasteiger partial charge in [-0.2, -0.15) is 0 Å². The third-order valence-corrected chi connectivity index (χ3v) is 13.0. The molecule has 0 radical (unpaired) electrons. The lowest BCUT2D eigenvalue weighted by Crippen LogP contribution is -2.61. The molecule has 2 aromatic carbocycles. The van der Waals surface area contributed by atoms with Gasteiger partial charge in [0, 0.05) is 89.8 Å². The molecule has 4 aliphatic heterocycles. The number of hydrogen-bond donors (Lipinski definition) is 3. The fourth-order valence-electron chi connectivity index (χ4n) is 9.70. The highest BCUT2D eigenvalue weighted by molar-refractivity contribution is 6.00. The van der Waals surface area contributed by atoms with E-state index in [1.54, 1.807) is 17.8 Å². The van der Waals surface area contributed by atoms with Crippen LogP contribution in [0.25, 0.3) is 16.7 Å². The lowest BCUT2D eigenvalue weighted by atomic mass is 9.96. The largest absolute Gasteiger partial charge is 0.385 e. The Kier molecular flexibility index (Phi) is 9.38. The van der Waals surface area contributed by atoms with E-state index in [1.807, 2.05) is 59.3 Å². The van der Waals surface area contributed by atoms with Gasteiger partial charge in [-0.1, -0.05) is 12.1 Å². The zero-order valence-corrected chi connectivity index (χ0v) is 33.7. The number of benzene rings is 2. The molecule has 4 fully saturated rings. The Morgan fingerprint density at radius 3 is 2.52 bits per heavy atom. The van der Waals surface area contributed by atoms with Crippen LogP contribution in [0.4, 0.5) is 31.7 Å². The Hall–Kier alpha value is -5.88. The number of halogens is 2. The van der Waals surface area contributed by atoms with Crippen molar-refractivity contribution in [2.75, 3.05) is 68.0 Å². The van der Waals surface area contributed by atoms with E-state index >= 15 is 8.78 Å². The van der Waals surface area contributed by atoms with E-state index in [4.69, 9.17) is 5.10 Å². The number of amides is 3. The van der Waals surface area contributed by atoms with Crippen LogP contribution in [0.1, 0.15) is 59.8 Å². The number of aromatic nitrogens is 5. The number of alkyl halides is 2. The molecule has 60 heavy (non-hydrogen) atoms. The lowest BCUT2D eigenvalue weighted by Gasteiger charge is -2.46. The summed E-state index contributed by atoms with van der Waals surface area (Å²) >= 11 is 0. The Balaban J connectivity index is 0.797. The van der Waals surface area contributed by atoms with Crippen molar-refractivity contribution in [2.24, 2.45) is 7.05 Å². The van der Waals surface area contributed by atoms with Gasteiger partial charge in [-0.15, -0.1) is 5.10 Å². The van der Waals surface area contributed by atoms with Gasteiger partial charge in [0.2, 0.25) is 11.8 Å². The second-order valence-electron chi connectivity index (χ2n) is 16.8. The number of anilines is 4. The number of aryl methyl sites for hydroxylation is 1. The first-order chi connectivity index (χ1) is 29.0. The zero-order valence-electron chi connectivity index (χ0n) is 33.7. The van der Waals surface area contributed by atoms with E-state index < -0.39 is 23.9 Å². The van der Waals surface area contributed by atoms with Gasteiger partial charge < -0.3 is 20.4 Å². The van der Waals surface area contributed by atoms with E-state index in [2.05, 4.69) is 30.7 Å². The van der Waals surface area contributed by atoms with Crippen LogP contribution in [0.5, 0.6) is 0 Å². The standard InChI is InChI=1S/C42H48F2N12O4/c1-45-29-21-36(49-56-34(22-46-38(29)56)40(59)47-26-6-7-26)54-15-12-28-25(4-3-5-30(28)54)23-51-14-13-35(42(43,44)24-51)53-18-16-52(17-19-53)27-8-9-31-33(20-27)50(2)41(60)55(31)32-10-11-37(57)48-39(32)58/h3-5,8-9,20-22,26,32,35,45H,6-7,10-19,23-24H2,1-2H3,(H,47,59)(H,48,57,58)/t32?,35-/m1/s1. The summed E-state index contributed by atoms with van der Waals surface area (Å²) in [7, 11) is 3.48. The van der Waals surface area contributed by atoms with Crippen LogP contribution in [-0.2, 0) is 29.6 Å². The summed E-state index contributed by atoms with van der Waals surface area (Å²) in [5, 5.41) is 13.5. The molecule has 1 unspecified atom stereocenters. The van der Waals surface area contributed by atoms with E-state index in [1.165, 1.54) is 9.13 Å². The Morgan fingerprint density at radius 1 is 0.950 bits per heavy atom. The number of carbonyl (C=O) groups excluding carboxylic acids is 3. The number of fused-ring (bicyclic) bond motifs is 3. The van der Waals surface area contributed by atoms with Crippen LogP contribution >= 0.6 is 0 Å². The number of imide groups is 1. The monoisotopic (exact) mass is 822 g/mol. The van der Waals surface area contributed by atoms with Gasteiger partial charge >= 0.3 is 5.69 Å². The molecule has 3 aromatic heterocycles. The third-order valence-electron chi connectivity index (χ3n) is 13.0. The lowest BCUT2D eigenvalue weighted by molar-refractivity contribution is -0.135. The van der Waals surface area contributed by atoms with Gasteiger partial charge in [-0.3, -0.25) is 38.6 Å². The minimum absolute atomic E-state index is 0.168. The molecule has 5 aliphatic rings. The van der Waals surface area contributed by atoms with Crippen molar-refractivity contribution < 1.29 is 23.2 Å².